The molecule has 26 heavy (non-hydrogen) atoms. The number of hydrogen-bond acceptors (Lipinski definition) is 3. The molecule has 0 aliphatic heterocycles. The number of Topliss-reactive ketones (excluding diaryl/α,β-unsaturated/α-hetero) is 1. The summed E-state index contributed by atoms with van der Waals surface area (Å²) in [5, 5.41) is 5.84. The van der Waals surface area contributed by atoms with Crippen LogP contribution in [0.1, 0.15) is 39.0 Å². The Labute approximate surface area is 154 Å². The van der Waals surface area contributed by atoms with Crippen molar-refractivity contribution >= 4 is 16.7 Å². The molecule has 0 fully saturated rings. The first-order chi connectivity index (χ1) is 12.4. The highest BCUT2D eigenvalue weighted by atomic mass is 16.5. The third-order valence-corrected chi connectivity index (χ3v) is 4.60. The Bertz CT molecular complexity index is 895. The minimum absolute atomic E-state index is 0.0580. The first-order valence-electron chi connectivity index (χ1n) is 9.05. The van der Waals surface area contributed by atoms with E-state index in [9.17, 15) is 4.79 Å². The minimum Gasteiger partial charge on any atom is -0.361 e. The number of ketones is 1. The molecule has 0 radical (unpaired) electrons. The van der Waals surface area contributed by atoms with Crippen LogP contribution in [0.15, 0.2) is 54.6 Å². The second kappa shape index (κ2) is 7.42. The molecular formula is C22H26N2O2. The van der Waals surface area contributed by atoms with E-state index in [0.29, 0.717) is 13.2 Å². The summed E-state index contributed by atoms with van der Waals surface area (Å²) in [6.07, 6.45) is 0. The maximum Gasteiger partial charge on any atom is 0.166 e. The van der Waals surface area contributed by atoms with Gasteiger partial charge in [0.15, 0.2) is 5.78 Å². The Morgan fingerprint density at radius 3 is 2.42 bits per heavy atom. The lowest BCUT2D eigenvalue weighted by Crippen LogP contribution is -2.38. The van der Waals surface area contributed by atoms with Crippen LogP contribution >= 0.6 is 0 Å². The Balaban J connectivity index is 1.86. The van der Waals surface area contributed by atoms with Gasteiger partial charge in [0.25, 0.3) is 0 Å². The number of carbonyl (C=O) groups is 1. The Morgan fingerprint density at radius 2 is 1.73 bits per heavy atom. The van der Waals surface area contributed by atoms with Gasteiger partial charge in [-0.15, -0.1) is 0 Å². The standard InChI is InChI=1S/C22H26N2O2/c1-16(2)21(25)22(3,4)26-15-19-18-12-8-9-13-20(18)24(23-19)14-17-10-6-5-7-11-17/h5-13,16H,14-15H2,1-4H3. The Kier molecular flexibility index (Phi) is 5.23. The molecule has 0 N–H and O–H groups in total. The number of hydrogen-bond donors (Lipinski definition) is 0. The van der Waals surface area contributed by atoms with Crippen molar-refractivity contribution in [3.05, 3.63) is 65.9 Å². The van der Waals surface area contributed by atoms with E-state index in [0.717, 1.165) is 16.6 Å². The number of ether oxygens (including phenoxy) is 1. The van der Waals surface area contributed by atoms with E-state index in [4.69, 9.17) is 9.84 Å². The lowest BCUT2D eigenvalue weighted by atomic mass is 9.94. The molecule has 0 aliphatic rings. The van der Waals surface area contributed by atoms with Gasteiger partial charge in [-0.3, -0.25) is 9.48 Å². The van der Waals surface area contributed by atoms with E-state index in [1.54, 1.807) is 0 Å². The van der Waals surface area contributed by atoms with Crippen LogP contribution in [-0.4, -0.2) is 21.2 Å². The molecule has 1 aromatic heterocycles. The van der Waals surface area contributed by atoms with Crippen LogP contribution in [0.2, 0.25) is 0 Å². The van der Waals surface area contributed by atoms with E-state index in [-0.39, 0.29) is 11.7 Å². The van der Waals surface area contributed by atoms with Gasteiger partial charge in [-0.05, 0) is 25.5 Å². The van der Waals surface area contributed by atoms with Gasteiger partial charge < -0.3 is 4.74 Å². The van der Waals surface area contributed by atoms with Gasteiger partial charge in [0, 0.05) is 11.3 Å². The zero-order valence-electron chi connectivity index (χ0n) is 15.9. The maximum absolute atomic E-state index is 12.3. The van der Waals surface area contributed by atoms with Gasteiger partial charge >= 0.3 is 0 Å². The Hall–Kier alpha value is -2.46. The highest BCUT2D eigenvalue weighted by Gasteiger charge is 2.30. The monoisotopic (exact) mass is 350 g/mol. The molecule has 0 saturated heterocycles. The van der Waals surface area contributed by atoms with Crippen molar-refractivity contribution in [2.75, 3.05) is 0 Å². The topological polar surface area (TPSA) is 44.1 Å². The fraction of sp³-hybridized carbons (Fsp3) is 0.364. The van der Waals surface area contributed by atoms with E-state index < -0.39 is 5.60 Å². The maximum atomic E-state index is 12.3. The molecular weight excluding hydrogens is 324 g/mol. The minimum atomic E-state index is -0.821. The highest BCUT2D eigenvalue weighted by Crippen LogP contribution is 2.23. The molecule has 0 amide bonds. The second-order valence-electron chi connectivity index (χ2n) is 7.43. The Morgan fingerprint density at radius 1 is 1.08 bits per heavy atom. The number of benzene rings is 2. The van der Waals surface area contributed by atoms with Gasteiger partial charge in [-0.2, -0.15) is 5.10 Å². The molecule has 4 nitrogen and oxygen atoms in total. The van der Waals surface area contributed by atoms with Crippen molar-refractivity contribution in [3.8, 4) is 0 Å². The van der Waals surface area contributed by atoms with Crippen LogP contribution in [0, 0.1) is 5.92 Å². The average Bonchev–Trinajstić information content (AvgIpc) is 2.98. The quantitative estimate of drug-likeness (QED) is 0.625. The summed E-state index contributed by atoms with van der Waals surface area (Å²) < 4.78 is 7.99. The number of carbonyl (C=O) groups excluding carboxylic acids is 1. The number of nitrogens with zero attached hydrogens (tertiary/aromatic N) is 2. The summed E-state index contributed by atoms with van der Waals surface area (Å²) in [6, 6.07) is 18.4. The largest absolute Gasteiger partial charge is 0.361 e. The molecule has 0 spiro atoms. The van der Waals surface area contributed by atoms with Crippen LogP contribution in [0.25, 0.3) is 10.9 Å². The predicted octanol–water partition coefficient (Wildman–Crippen LogP) is 4.60. The lowest BCUT2D eigenvalue weighted by Gasteiger charge is -2.25. The lowest BCUT2D eigenvalue weighted by molar-refractivity contribution is -0.145. The first-order valence-corrected chi connectivity index (χ1v) is 9.05. The SMILES string of the molecule is CC(C)C(=O)C(C)(C)OCc1nn(Cc2ccccc2)c2ccccc12. The molecule has 4 heteroatoms. The fourth-order valence-corrected chi connectivity index (χ4v) is 3.19. The molecule has 136 valence electrons. The molecule has 0 saturated carbocycles. The van der Waals surface area contributed by atoms with E-state index in [1.807, 2.05) is 62.7 Å². The average molecular weight is 350 g/mol. The third kappa shape index (κ3) is 3.86. The summed E-state index contributed by atoms with van der Waals surface area (Å²) in [6.45, 7) is 8.48. The zero-order valence-corrected chi connectivity index (χ0v) is 15.9. The molecule has 3 aromatic rings. The number of rotatable bonds is 7. The van der Waals surface area contributed by atoms with Gasteiger partial charge in [-0.1, -0.05) is 62.4 Å². The number of fused-ring (bicyclic) bond motifs is 1. The molecule has 1 heterocycles. The fourth-order valence-electron chi connectivity index (χ4n) is 3.19. The van der Waals surface area contributed by atoms with Gasteiger partial charge in [0.1, 0.15) is 5.60 Å². The summed E-state index contributed by atoms with van der Waals surface area (Å²) in [7, 11) is 0. The van der Waals surface area contributed by atoms with Crippen LogP contribution in [0.3, 0.4) is 0 Å². The van der Waals surface area contributed by atoms with Crippen LogP contribution in [0.4, 0.5) is 0 Å². The summed E-state index contributed by atoms with van der Waals surface area (Å²) in [4.78, 5) is 12.3. The van der Waals surface area contributed by atoms with Crippen molar-refractivity contribution in [2.45, 2.75) is 46.4 Å². The van der Waals surface area contributed by atoms with E-state index in [1.165, 1.54) is 5.56 Å². The van der Waals surface area contributed by atoms with E-state index in [2.05, 4.69) is 24.3 Å². The smallest absolute Gasteiger partial charge is 0.166 e. The van der Waals surface area contributed by atoms with Crippen molar-refractivity contribution < 1.29 is 9.53 Å². The molecule has 2 aromatic carbocycles. The van der Waals surface area contributed by atoms with Crippen molar-refractivity contribution in [1.29, 1.82) is 0 Å². The zero-order chi connectivity index (χ0) is 18.7. The van der Waals surface area contributed by atoms with Crippen molar-refractivity contribution in [1.82, 2.24) is 9.78 Å². The third-order valence-electron chi connectivity index (χ3n) is 4.60. The predicted molar refractivity (Wildman–Crippen MR) is 104 cm³/mol. The van der Waals surface area contributed by atoms with Gasteiger partial charge in [-0.25, -0.2) is 0 Å². The second-order valence-corrected chi connectivity index (χ2v) is 7.43. The molecule has 0 bridgehead atoms. The van der Waals surface area contributed by atoms with Crippen molar-refractivity contribution in [3.63, 3.8) is 0 Å². The van der Waals surface area contributed by atoms with E-state index >= 15 is 0 Å². The first kappa shape index (κ1) is 18.3. The molecule has 3 rings (SSSR count). The van der Waals surface area contributed by atoms with Crippen LogP contribution in [-0.2, 0) is 22.7 Å². The van der Waals surface area contributed by atoms with Crippen LogP contribution < -0.4 is 0 Å². The summed E-state index contributed by atoms with van der Waals surface area (Å²) >= 11 is 0. The molecule has 0 unspecified atom stereocenters. The normalized spacial score (nSPS) is 12.0. The molecule has 0 atom stereocenters. The van der Waals surface area contributed by atoms with Gasteiger partial charge in [0.05, 0.1) is 24.4 Å². The number of para-hydroxylation sites is 1. The van der Waals surface area contributed by atoms with Gasteiger partial charge in [0.2, 0.25) is 0 Å². The summed E-state index contributed by atoms with van der Waals surface area (Å²) in [5.41, 5.74) is 2.31. The molecule has 0 aliphatic carbocycles. The highest BCUT2D eigenvalue weighted by molar-refractivity contribution is 5.88. The number of aromatic nitrogens is 2. The van der Waals surface area contributed by atoms with Crippen molar-refractivity contribution in [2.24, 2.45) is 5.92 Å². The summed E-state index contributed by atoms with van der Waals surface area (Å²) in [5.74, 6) is 0.0444. The van der Waals surface area contributed by atoms with Crippen LogP contribution in [0.5, 0.6) is 0 Å².